The maximum absolute atomic E-state index is 4.80. The second kappa shape index (κ2) is 4.98. The van der Waals surface area contributed by atoms with Gasteiger partial charge in [0.1, 0.15) is 5.82 Å². The lowest BCUT2D eigenvalue weighted by atomic mass is 10.1. The van der Waals surface area contributed by atoms with Crippen molar-refractivity contribution in [2.45, 2.75) is 38.3 Å². The molecule has 1 fully saturated rings. The van der Waals surface area contributed by atoms with E-state index in [4.69, 9.17) is 4.98 Å². The summed E-state index contributed by atoms with van der Waals surface area (Å²) in [6.45, 7) is 4.21. The molecule has 110 valence electrons. The normalized spacial score (nSPS) is 22.1. The zero-order valence-electron chi connectivity index (χ0n) is 12.5. The molecule has 2 heterocycles. The Balaban J connectivity index is 1.67. The van der Waals surface area contributed by atoms with Crippen LogP contribution in [0.3, 0.4) is 0 Å². The van der Waals surface area contributed by atoms with Crippen molar-refractivity contribution < 1.29 is 0 Å². The lowest BCUT2D eigenvalue weighted by molar-refractivity contribution is 0.641. The van der Waals surface area contributed by atoms with Gasteiger partial charge < -0.3 is 9.80 Å². The molecule has 1 unspecified atom stereocenters. The highest BCUT2D eigenvalue weighted by atomic mass is 32.1. The highest BCUT2D eigenvalue weighted by molar-refractivity contribution is 7.09. The van der Waals surface area contributed by atoms with Crippen LogP contribution in [-0.4, -0.2) is 29.0 Å². The molecule has 0 amide bonds. The van der Waals surface area contributed by atoms with Gasteiger partial charge in [-0.05, 0) is 31.4 Å². The molecule has 1 aromatic carbocycles. The summed E-state index contributed by atoms with van der Waals surface area (Å²) in [6.07, 6.45) is 2.52. The summed E-state index contributed by atoms with van der Waals surface area (Å²) < 4.78 is 4.57. The van der Waals surface area contributed by atoms with Crippen LogP contribution in [0, 0.1) is 0 Å². The Hall–Kier alpha value is -1.62. The second-order valence-electron chi connectivity index (χ2n) is 6.20. The molecule has 1 aliphatic carbocycles. The Morgan fingerprint density at radius 1 is 1.24 bits per heavy atom. The highest BCUT2D eigenvalue weighted by Gasteiger charge is 2.30. The first kappa shape index (κ1) is 13.1. The van der Waals surface area contributed by atoms with Gasteiger partial charge in [0.25, 0.3) is 0 Å². The number of fused-ring (bicyclic) bond motifs is 1. The third-order valence-electron chi connectivity index (χ3n) is 4.43. The van der Waals surface area contributed by atoms with Gasteiger partial charge >= 0.3 is 0 Å². The van der Waals surface area contributed by atoms with E-state index in [-0.39, 0.29) is 0 Å². The fraction of sp³-hybridized carbons (Fsp3) is 0.500. The van der Waals surface area contributed by atoms with Crippen molar-refractivity contribution in [2.24, 2.45) is 0 Å². The van der Waals surface area contributed by atoms with E-state index in [0.717, 1.165) is 24.0 Å². The van der Waals surface area contributed by atoms with Crippen molar-refractivity contribution in [3.05, 3.63) is 35.7 Å². The summed E-state index contributed by atoms with van der Waals surface area (Å²) in [7, 11) is 2.18. The summed E-state index contributed by atoms with van der Waals surface area (Å²) in [5.41, 5.74) is 2.70. The number of nitrogens with zero attached hydrogens (tertiary/aromatic N) is 4. The van der Waals surface area contributed by atoms with E-state index in [1.165, 1.54) is 24.1 Å². The van der Waals surface area contributed by atoms with Gasteiger partial charge in [0.2, 0.25) is 5.13 Å². The molecule has 1 aliphatic heterocycles. The number of para-hydroxylation sites is 1. The smallest absolute Gasteiger partial charge is 0.205 e. The lowest BCUT2D eigenvalue weighted by Gasteiger charge is -2.27. The Kier molecular flexibility index (Phi) is 3.10. The fourth-order valence-corrected chi connectivity index (χ4v) is 3.90. The minimum Gasteiger partial charge on any atom is -0.372 e. The van der Waals surface area contributed by atoms with Gasteiger partial charge in [0.15, 0.2) is 0 Å². The van der Waals surface area contributed by atoms with Gasteiger partial charge in [-0.15, -0.1) is 0 Å². The Morgan fingerprint density at radius 2 is 2.05 bits per heavy atom. The van der Waals surface area contributed by atoms with Gasteiger partial charge in [-0.3, -0.25) is 0 Å². The first-order valence-corrected chi connectivity index (χ1v) is 8.39. The zero-order valence-corrected chi connectivity index (χ0v) is 13.3. The molecular weight excluding hydrogens is 280 g/mol. The third kappa shape index (κ3) is 2.39. The minimum atomic E-state index is 0.433. The van der Waals surface area contributed by atoms with Crippen LogP contribution in [0.25, 0.3) is 0 Å². The molecule has 0 N–H and O–H groups in total. The van der Waals surface area contributed by atoms with Gasteiger partial charge in [-0.1, -0.05) is 18.2 Å². The average Bonchev–Trinajstić information content (AvgIpc) is 3.24. The van der Waals surface area contributed by atoms with Crippen LogP contribution in [0.4, 0.5) is 10.8 Å². The highest BCUT2D eigenvalue weighted by Crippen LogP contribution is 2.40. The average molecular weight is 300 g/mol. The van der Waals surface area contributed by atoms with E-state index in [0.29, 0.717) is 12.0 Å². The number of benzene rings is 1. The van der Waals surface area contributed by atoms with Gasteiger partial charge in [-0.25, -0.2) is 4.98 Å². The lowest BCUT2D eigenvalue weighted by Crippen LogP contribution is -2.38. The van der Waals surface area contributed by atoms with Crippen molar-refractivity contribution in [3.8, 4) is 0 Å². The van der Waals surface area contributed by atoms with Crippen molar-refractivity contribution >= 4 is 22.4 Å². The molecule has 21 heavy (non-hydrogen) atoms. The van der Waals surface area contributed by atoms with Crippen molar-refractivity contribution in [1.29, 1.82) is 0 Å². The van der Waals surface area contributed by atoms with Gasteiger partial charge in [-0.2, -0.15) is 4.37 Å². The summed E-state index contributed by atoms with van der Waals surface area (Å²) in [5, 5.41) is 1.08. The maximum atomic E-state index is 4.80. The van der Waals surface area contributed by atoms with E-state index in [2.05, 4.69) is 52.4 Å². The quantitative estimate of drug-likeness (QED) is 0.852. The van der Waals surface area contributed by atoms with Crippen molar-refractivity contribution in [3.63, 3.8) is 0 Å². The second-order valence-corrected chi connectivity index (χ2v) is 6.93. The largest absolute Gasteiger partial charge is 0.372 e. The summed E-state index contributed by atoms with van der Waals surface area (Å²) >= 11 is 1.56. The van der Waals surface area contributed by atoms with E-state index >= 15 is 0 Å². The van der Waals surface area contributed by atoms with Crippen LogP contribution < -0.4 is 9.80 Å². The number of aromatic nitrogens is 2. The monoisotopic (exact) mass is 300 g/mol. The predicted molar refractivity (Wildman–Crippen MR) is 87.2 cm³/mol. The van der Waals surface area contributed by atoms with Crippen LogP contribution in [-0.2, 0) is 6.54 Å². The molecule has 1 aromatic heterocycles. The minimum absolute atomic E-state index is 0.433. The Labute approximate surface area is 129 Å². The topological polar surface area (TPSA) is 32.3 Å². The molecular formula is C16H20N4S. The summed E-state index contributed by atoms with van der Waals surface area (Å²) in [5.74, 6) is 1.69. The molecule has 2 aliphatic rings. The molecule has 4 nitrogen and oxygen atoms in total. The number of hydrogen-bond acceptors (Lipinski definition) is 5. The number of hydrogen-bond donors (Lipinski definition) is 0. The van der Waals surface area contributed by atoms with E-state index in [9.17, 15) is 0 Å². The van der Waals surface area contributed by atoms with Crippen LogP contribution >= 0.6 is 11.5 Å². The van der Waals surface area contributed by atoms with Crippen molar-refractivity contribution in [1.82, 2.24) is 9.36 Å². The van der Waals surface area contributed by atoms with Gasteiger partial charge in [0, 0.05) is 49.3 Å². The van der Waals surface area contributed by atoms with E-state index in [1.807, 2.05) is 0 Å². The number of rotatable bonds is 2. The van der Waals surface area contributed by atoms with Crippen LogP contribution in [0.5, 0.6) is 0 Å². The molecule has 1 atom stereocenters. The summed E-state index contributed by atoms with van der Waals surface area (Å²) in [4.78, 5) is 9.56. The predicted octanol–water partition coefficient (Wildman–Crippen LogP) is 3.26. The van der Waals surface area contributed by atoms with E-state index < -0.39 is 0 Å². The number of likely N-dealkylation sites (N-methyl/N-ethyl adjacent to an activating group) is 1. The van der Waals surface area contributed by atoms with Gasteiger partial charge in [0.05, 0.1) is 0 Å². The standard InChI is InChI=1S/C16H20N4S/c1-11-9-19(2)14-6-4-3-5-13(14)10-20(11)16-17-15(18-21-16)12-7-8-12/h3-6,11-12H,7-10H2,1-2H3. The van der Waals surface area contributed by atoms with Crippen LogP contribution in [0.1, 0.15) is 37.1 Å². The molecule has 2 aromatic rings. The molecule has 5 heteroatoms. The molecule has 0 saturated heterocycles. The van der Waals surface area contributed by atoms with E-state index in [1.54, 1.807) is 11.5 Å². The SMILES string of the molecule is CC1CN(C)c2ccccc2CN1c1nc(C2CC2)ns1. The first-order chi connectivity index (χ1) is 10.2. The fourth-order valence-electron chi connectivity index (χ4n) is 3.06. The molecule has 0 spiro atoms. The maximum Gasteiger partial charge on any atom is 0.205 e. The molecule has 1 saturated carbocycles. The van der Waals surface area contributed by atoms with Crippen molar-refractivity contribution in [2.75, 3.05) is 23.4 Å². The van der Waals surface area contributed by atoms with Crippen LogP contribution in [0.2, 0.25) is 0 Å². The zero-order chi connectivity index (χ0) is 14.4. The third-order valence-corrected chi connectivity index (χ3v) is 5.20. The first-order valence-electron chi connectivity index (χ1n) is 7.61. The Bertz CT molecular complexity index is 649. The summed E-state index contributed by atoms with van der Waals surface area (Å²) in [6, 6.07) is 9.10. The molecule has 4 rings (SSSR count). The van der Waals surface area contributed by atoms with Crippen LogP contribution in [0.15, 0.2) is 24.3 Å². The molecule has 0 radical (unpaired) electrons. The Morgan fingerprint density at radius 3 is 2.86 bits per heavy atom. The number of anilines is 2. The molecule has 0 bridgehead atoms.